The molecule has 1 aliphatic rings. The van der Waals surface area contributed by atoms with Crippen LogP contribution in [0.2, 0.25) is 5.02 Å². The third kappa shape index (κ3) is 5.15. The number of aromatic amines is 1. The van der Waals surface area contributed by atoms with Crippen molar-refractivity contribution >= 4 is 39.3 Å². The number of pyridine rings is 1. The number of aryl methyl sites for hydroxylation is 1. The second-order valence-electron chi connectivity index (χ2n) is 11.2. The average molecular weight is 600 g/mol. The number of methoxy groups -OCH3 is 2. The Labute approximate surface area is 254 Å². The van der Waals surface area contributed by atoms with Gasteiger partial charge in [-0.15, -0.1) is 0 Å². The molecule has 0 spiro atoms. The summed E-state index contributed by atoms with van der Waals surface area (Å²) in [5, 5.41) is 16.3. The first-order valence-corrected chi connectivity index (χ1v) is 14.7. The number of aromatic nitrogens is 2. The summed E-state index contributed by atoms with van der Waals surface area (Å²) < 4.78 is 16.9. The van der Waals surface area contributed by atoms with Crippen LogP contribution in [0.5, 0.6) is 17.2 Å². The van der Waals surface area contributed by atoms with Crippen LogP contribution in [0.15, 0.2) is 60.7 Å². The molecule has 0 saturated heterocycles. The van der Waals surface area contributed by atoms with Crippen molar-refractivity contribution in [1.82, 2.24) is 15.3 Å². The van der Waals surface area contributed by atoms with Gasteiger partial charge in [0.2, 0.25) is 0 Å². The van der Waals surface area contributed by atoms with Crippen molar-refractivity contribution in [2.45, 2.75) is 44.8 Å². The van der Waals surface area contributed by atoms with Gasteiger partial charge in [-0.2, -0.15) is 0 Å². The highest BCUT2D eigenvalue weighted by Gasteiger charge is 2.41. The van der Waals surface area contributed by atoms with Gasteiger partial charge in [0.05, 0.1) is 59.8 Å². The van der Waals surface area contributed by atoms with Crippen molar-refractivity contribution in [3.8, 4) is 28.5 Å². The number of carbonyl (C=O) groups excluding carboxylic acids is 1. The second-order valence-corrected chi connectivity index (χ2v) is 11.6. The van der Waals surface area contributed by atoms with Crippen molar-refractivity contribution in [2.24, 2.45) is 0 Å². The van der Waals surface area contributed by atoms with Crippen molar-refractivity contribution < 1.29 is 24.1 Å². The summed E-state index contributed by atoms with van der Waals surface area (Å²) in [6.07, 6.45) is 2.13. The Morgan fingerprint density at radius 1 is 1.07 bits per heavy atom. The minimum atomic E-state index is -1.00. The molecule has 1 aliphatic carbocycles. The van der Waals surface area contributed by atoms with E-state index in [1.807, 2.05) is 68.4 Å². The molecule has 1 unspecified atom stereocenters. The molecule has 9 heteroatoms. The standard InChI is InChI=1S/C34H34ClN3O5/c1-19(2)43-21-11-12-26-23(16-21)24(17-28(36-26)20-10-13-29(41-3)30(15-20)42-4)33(40)38-34(18-39)14-6-9-27-31(34)22-7-5-8-25(35)32(22)37-27/h5,7-8,10-13,15-17,19,37,39H,6,9,14,18H2,1-4H3,(H,38,40). The summed E-state index contributed by atoms with van der Waals surface area (Å²) in [6.45, 7) is 3.64. The summed E-state index contributed by atoms with van der Waals surface area (Å²) in [7, 11) is 3.16. The Kier molecular flexibility index (Phi) is 7.66. The minimum absolute atomic E-state index is 0.0410. The molecule has 1 atom stereocenters. The molecular weight excluding hydrogens is 566 g/mol. The van der Waals surface area contributed by atoms with Crippen molar-refractivity contribution in [3.63, 3.8) is 0 Å². The van der Waals surface area contributed by atoms with Crippen molar-refractivity contribution in [1.29, 1.82) is 0 Å². The topological polar surface area (TPSA) is 106 Å². The molecule has 1 amide bonds. The van der Waals surface area contributed by atoms with E-state index in [9.17, 15) is 9.90 Å². The lowest BCUT2D eigenvalue weighted by Crippen LogP contribution is -2.50. The fourth-order valence-corrected chi connectivity index (χ4v) is 6.37. The Bertz CT molecular complexity index is 1850. The quantitative estimate of drug-likeness (QED) is 0.181. The van der Waals surface area contributed by atoms with Crippen LogP contribution in [0, 0.1) is 0 Å². The molecule has 3 aromatic carbocycles. The third-order valence-electron chi connectivity index (χ3n) is 8.07. The van der Waals surface area contributed by atoms with Crippen LogP contribution in [0.1, 0.15) is 48.3 Å². The van der Waals surface area contributed by atoms with E-state index in [4.69, 9.17) is 30.8 Å². The molecule has 0 fully saturated rings. The average Bonchev–Trinajstić information content (AvgIpc) is 3.41. The maximum Gasteiger partial charge on any atom is 0.252 e. The third-order valence-corrected chi connectivity index (χ3v) is 8.38. The van der Waals surface area contributed by atoms with Crippen LogP contribution in [-0.2, 0) is 12.0 Å². The monoisotopic (exact) mass is 599 g/mol. The first-order chi connectivity index (χ1) is 20.8. The normalized spacial score (nSPS) is 16.3. The zero-order chi connectivity index (χ0) is 30.3. The van der Waals surface area contributed by atoms with Crippen molar-refractivity contribution in [2.75, 3.05) is 20.8 Å². The fourth-order valence-electron chi connectivity index (χ4n) is 6.15. The lowest BCUT2D eigenvalue weighted by Gasteiger charge is -2.37. The van der Waals surface area contributed by atoms with E-state index in [0.29, 0.717) is 50.9 Å². The van der Waals surface area contributed by atoms with E-state index < -0.39 is 5.54 Å². The number of hydrogen-bond donors (Lipinski definition) is 3. The fraction of sp³-hybridized carbons (Fsp3) is 0.294. The van der Waals surface area contributed by atoms with Gasteiger partial charge >= 0.3 is 0 Å². The molecule has 0 aliphatic heterocycles. The summed E-state index contributed by atoms with van der Waals surface area (Å²) in [5.74, 6) is 1.47. The zero-order valence-corrected chi connectivity index (χ0v) is 25.3. The minimum Gasteiger partial charge on any atom is -0.493 e. The zero-order valence-electron chi connectivity index (χ0n) is 24.6. The van der Waals surface area contributed by atoms with Crippen molar-refractivity contribution in [3.05, 3.63) is 82.5 Å². The highest BCUT2D eigenvalue weighted by molar-refractivity contribution is 6.35. The molecule has 8 nitrogen and oxygen atoms in total. The number of nitrogens with zero attached hydrogens (tertiary/aromatic N) is 1. The Morgan fingerprint density at radius 3 is 2.63 bits per heavy atom. The summed E-state index contributed by atoms with van der Waals surface area (Å²) >= 11 is 6.53. The van der Waals surface area contributed by atoms with Gasteiger partial charge < -0.3 is 29.6 Å². The number of halogens is 1. The maximum atomic E-state index is 14.4. The van der Waals surface area contributed by atoms with E-state index in [0.717, 1.165) is 40.6 Å². The van der Waals surface area contributed by atoms with Crippen LogP contribution in [-0.4, -0.2) is 47.9 Å². The number of fused-ring (bicyclic) bond motifs is 4. The maximum absolute atomic E-state index is 14.4. The molecule has 2 heterocycles. The summed E-state index contributed by atoms with van der Waals surface area (Å²) in [5.41, 5.74) is 4.08. The number of ether oxygens (including phenoxy) is 3. The number of aliphatic hydroxyl groups excluding tert-OH is 1. The number of carbonyl (C=O) groups is 1. The molecule has 2 aromatic heterocycles. The molecule has 5 aromatic rings. The number of benzene rings is 3. The number of hydrogen-bond acceptors (Lipinski definition) is 6. The highest BCUT2D eigenvalue weighted by atomic mass is 35.5. The number of aliphatic hydroxyl groups is 1. The van der Waals surface area contributed by atoms with E-state index in [1.54, 1.807) is 20.3 Å². The van der Waals surface area contributed by atoms with E-state index in [2.05, 4.69) is 10.3 Å². The molecule has 43 heavy (non-hydrogen) atoms. The predicted molar refractivity (Wildman–Crippen MR) is 169 cm³/mol. The SMILES string of the molecule is COc1ccc(-c2cc(C(=O)NC3(CO)CCCc4[nH]c5c(Cl)cccc5c43)c3cc(OC(C)C)ccc3n2)cc1OC. The number of para-hydroxylation sites is 1. The van der Waals surface area contributed by atoms with Gasteiger partial charge in [-0.05, 0) is 81.6 Å². The molecule has 0 radical (unpaired) electrons. The van der Waals surface area contributed by atoms with Gasteiger partial charge in [0, 0.05) is 27.6 Å². The lowest BCUT2D eigenvalue weighted by atomic mass is 9.78. The van der Waals surface area contributed by atoms with E-state index in [1.165, 1.54) is 0 Å². The van der Waals surface area contributed by atoms with Crippen LogP contribution in [0.25, 0.3) is 33.1 Å². The highest BCUT2D eigenvalue weighted by Crippen LogP contribution is 2.42. The summed E-state index contributed by atoms with van der Waals surface area (Å²) in [4.78, 5) is 22.7. The smallest absolute Gasteiger partial charge is 0.252 e. The Balaban J connectivity index is 1.50. The van der Waals surface area contributed by atoms with Gasteiger partial charge in [0.25, 0.3) is 5.91 Å². The van der Waals surface area contributed by atoms with Gasteiger partial charge in [-0.1, -0.05) is 23.7 Å². The van der Waals surface area contributed by atoms with E-state index in [-0.39, 0.29) is 18.6 Å². The van der Waals surface area contributed by atoms with Gasteiger partial charge in [0.15, 0.2) is 11.5 Å². The van der Waals surface area contributed by atoms with Crippen LogP contribution in [0.3, 0.4) is 0 Å². The van der Waals surface area contributed by atoms with Gasteiger partial charge in [0.1, 0.15) is 5.75 Å². The molecule has 3 N–H and O–H groups in total. The molecule has 222 valence electrons. The molecule has 6 rings (SSSR count). The largest absolute Gasteiger partial charge is 0.493 e. The number of H-pyrrole nitrogens is 1. The van der Waals surface area contributed by atoms with Crippen LogP contribution >= 0.6 is 11.6 Å². The number of nitrogens with one attached hydrogen (secondary N) is 2. The molecule has 0 bridgehead atoms. The number of amides is 1. The second kappa shape index (κ2) is 11.4. The van der Waals surface area contributed by atoms with E-state index >= 15 is 0 Å². The van der Waals surface area contributed by atoms with Crippen LogP contribution in [0.4, 0.5) is 0 Å². The Hall–Kier alpha value is -4.27. The van der Waals surface area contributed by atoms with Gasteiger partial charge in [-0.25, -0.2) is 4.98 Å². The summed E-state index contributed by atoms with van der Waals surface area (Å²) in [6, 6.07) is 18.6. The molecular formula is C34H34ClN3O5. The molecule has 0 saturated carbocycles. The number of rotatable bonds is 8. The first-order valence-electron chi connectivity index (χ1n) is 14.3. The lowest BCUT2D eigenvalue weighted by molar-refractivity contribution is 0.0802. The van der Waals surface area contributed by atoms with Crippen LogP contribution < -0.4 is 19.5 Å². The van der Waals surface area contributed by atoms with Gasteiger partial charge in [-0.3, -0.25) is 4.79 Å². The predicted octanol–water partition coefficient (Wildman–Crippen LogP) is 6.79. The first kappa shape index (κ1) is 28.8. The Morgan fingerprint density at radius 2 is 1.88 bits per heavy atom.